The van der Waals surface area contributed by atoms with E-state index in [1.165, 1.54) is 0 Å². The van der Waals surface area contributed by atoms with E-state index in [9.17, 15) is 9.59 Å². The maximum Gasteiger partial charge on any atom is 0.321 e. The van der Waals surface area contributed by atoms with E-state index in [4.69, 9.17) is 9.47 Å². The van der Waals surface area contributed by atoms with Crippen molar-refractivity contribution in [3.05, 3.63) is 54.1 Å². The van der Waals surface area contributed by atoms with Crippen LogP contribution < -0.4 is 14.8 Å². The largest absolute Gasteiger partial charge is 0.454 e. The molecule has 0 bridgehead atoms. The molecule has 4 amide bonds. The standard InChI is InChI=1S/C23H26N4O4/c28-22(24-18-6-7-20-21(14-18)31-16-30-20)25-10-8-19(9-11-25)27-13-12-26(23(27)29)15-17-4-2-1-3-5-17/h1-7,14,19H,8-13,15-16H2,(H,24,28). The molecule has 5 rings (SSSR count). The van der Waals surface area contributed by atoms with Crippen LogP contribution in [-0.4, -0.2) is 65.8 Å². The number of likely N-dealkylation sites (tertiary alicyclic amines) is 1. The summed E-state index contributed by atoms with van der Waals surface area (Å²) in [5, 5.41) is 2.93. The molecular weight excluding hydrogens is 396 g/mol. The average Bonchev–Trinajstić information content (AvgIpc) is 3.41. The minimum atomic E-state index is -0.129. The van der Waals surface area contributed by atoms with Crippen LogP contribution in [0.3, 0.4) is 0 Å². The molecule has 0 spiro atoms. The summed E-state index contributed by atoms with van der Waals surface area (Å²) < 4.78 is 10.7. The van der Waals surface area contributed by atoms with Crippen molar-refractivity contribution in [1.82, 2.24) is 14.7 Å². The van der Waals surface area contributed by atoms with Crippen molar-refractivity contribution < 1.29 is 19.1 Å². The van der Waals surface area contributed by atoms with Crippen molar-refractivity contribution in [3.63, 3.8) is 0 Å². The molecule has 2 saturated heterocycles. The third-order valence-corrected chi connectivity index (χ3v) is 6.16. The summed E-state index contributed by atoms with van der Waals surface area (Å²) in [5.74, 6) is 1.33. The summed E-state index contributed by atoms with van der Waals surface area (Å²) in [6.45, 7) is 3.61. The van der Waals surface area contributed by atoms with E-state index < -0.39 is 0 Å². The number of urea groups is 2. The summed E-state index contributed by atoms with van der Waals surface area (Å²) >= 11 is 0. The van der Waals surface area contributed by atoms with Crippen LogP contribution in [0.15, 0.2) is 48.5 Å². The SMILES string of the molecule is O=C(Nc1ccc2c(c1)OCO2)N1CCC(N2CCN(Cc3ccccc3)C2=O)CC1. The normalized spacial score (nSPS) is 18.6. The number of carbonyl (C=O) groups is 2. The summed E-state index contributed by atoms with van der Waals surface area (Å²) in [6, 6.07) is 15.6. The van der Waals surface area contributed by atoms with Gasteiger partial charge in [-0.25, -0.2) is 9.59 Å². The molecule has 8 nitrogen and oxygen atoms in total. The highest BCUT2D eigenvalue weighted by Crippen LogP contribution is 2.34. The van der Waals surface area contributed by atoms with Gasteiger partial charge in [-0.15, -0.1) is 0 Å². The average molecular weight is 422 g/mol. The maximum atomic E-state index is 12.9. The first kappa shape index (κ1) is 19.5. The third-order valence-electron chi connectivity index (χ3n) is 6.16. The first-order valence-electron chi connectivity index (χ1n) is 10.7. The summed E-state index contributed by atoms with van der Waals surface area (Å²) in [5.41, 5.74) is 1.83. The molecule has 0 atom stereocenters. The van der Waals surface area contributed by atoms with Crippen LogP contribution in [0.4, 0.5) is 15.3 Å². The van der Waals surface area contributed by atoms with E-state index in [0.29, 0.717) is 36.8 Å². The molecule has 2 fully saturated rings. The summed E-state index contributed by atoms with van der Waals surface area (Å²) in [7, 11) is 0. The fourth-order valence-corrected chi connectivity index (χ4v) is 4.45. The predicted molar refractivity (Wildman–Crippen MR) is 115 cm³/mol. The van der Waals surface area contributed by atoms with Crippen molar-refractivity contribution in [2.24, 2.45) is 0 Å². The molecule has 0 aliphatic carbocycles. The van der Waals surface area contributed by atoms with E-state index >= 15 is 0 Å². The highest BCUT2D eigenvalue weighted by atomic mass is 16.7. The lowest BCUT2D eigenvalue weighted by Crippen LogP contribution is -2.49. The number of benzene rings is 2. The second-order valence-electron chi connectivity index (χ2n) is 8.10. The number of amides is 4. The van der Waals surface area contributed by atoms with Crippen LogP contribution in [0.5, 0.6) is 11.5 Å². The Morgan fingerprint density at radius 3 is 2.55 bits per heavy atom. The predicted octanol–water partition coefficient (Wildman–Crippen LogP) is 3.35. The van der Waals surface area contributed by atoms with Crippen molar-refractivity contribution in [2.75, 3.05) is 38.3 Å². The summed E-state index contributed by atoms with van der Waals surface area (Å²) in [4.78, 5) is 31.3. The molecule has 2 aromatic carbocycles. The topological polar surface area (TPSA) is 74.4 Å². The van der Waals surface area contributed by atoms with Gasteiger partial charge >= 0.3 is 12.1 Å². The number of anilines is 1. The molecule has 3 heterocycles. The molecule has 3 aliphatic rings. The molecule has 1 N–H and O–H groups in total. The lowest BCUT2D eigenvalue weighted by Gasteiger charge is -2.36. The van der Waals surface area contributed by atoms with Gasteiger partial charge in [0.1, 0.15) is 0 Å². The van der Waals surface area contributed by atoms with Crippen LogP contribution in [-0.2, 0) is 6.54 Å². The molecule has 3 aliphatic heterocycles. The van der Waals surface area contributed by atoms with Gasteiger partial charge in [0, 0.05) is 50.5 Å². The number of nitrogens with one attached hydrogen (secondary N) is 1. The van der Waals surface area contributed by atoms with Gasteiger partial charge in [-0.3, -0.25) is 0 Å². The zero-order valence-corrected chi connectivity index (χ0v) is 17.3. The Balaban J connectivity index is 1.12. The van der Waals surface area contributed by atoms with Gasteiger partial charge in [-0.05, 0) is 30.5 Å². The number of hydrogen-bond acceptors (Lipinski definition) is 4. The van der Waals surface area contributed by atoms with Crippen molar-refractivity contribution in [1.29, 1.82) is 0 Å². The van der Waals surface area contributed by atoms with E-state index in [1.54, 1.807) is 12.1 Å². The zero-order valence-electron chi connectivity index (χ0n) is 17.3. The molecular formula is C23H26N4O4. The molecule has 162 valence electrons. The monoisotopic (exact) mass is 422 g/mol. The molecule has 0 saturated carbocycles. The van der Waals surface area contributed by atoms with Crippen molar-refractivity contribution in [2.45, 2.75) is 25.4 Å². The van der Waals surface area contributed by atoms with Crippen LogP contribution in [0.2, 0.25) is 0 Å². The van der Waals surface area contributed by atoms with E-state index in [2.05, 4.69) is 5.32 Å². The molecule has 2 aromatic rings. The van der Waals surface area contributed by atoms with E-state index in [1.807, 2.05) is 51.1 Å². The number of rotatable bonds is 4. The maximum absolute atomic E-state index is 12.9. The smallest absolute Gasteiger partial charge is 0.321 e. The number of fused-ring (bicyclic) bond motifs is 1. The van der Waals surface area contributed by atoms with Gasteiger partial charge in [-0.1, -0.05) is 30.3 Å². The number of carbonyl (C=O) groups excluding carboxylic acids is 2. The Hall–Kier alpha value is -3.42. The number of ether oxygens (including phenoxy) is 2. The lowest BCUT2D eigenvalue weighted by atomic mass is 10.0. The minimum Gasteiger partial charge on any atom is -0.454 e. The van der Waals surface area contributed by atoms with Crippen LogP contribution >= 0.6 is 0 Å². The first-order chi connectivity index (χ1) is 15.2. The Labute approximate surface area is 181 Å². The highest BCUT2D eigenvalue weighted by Gasteiger charge is 2.36. The molecule has 8 heteroatoms. The van der Waals surface area contributed by atoms with Gasteiger partial charge in [0.25, 0.3) is 0 Å². The molecule has 31 heavy (non-hydrogen) atoms. The quantitative estimate of drug-likeness (QED) is 0.820. The van der Waals surface area contributed by atoms with Crippen molar-refractivity contribution >= 4 is 17.7 Å². The molecule has 0 unspecified atom stereocenters. The lowest BCUT2D eigenvalue weighted by molar-refractivity contribution is 0.139. The van der Waals surface area contributed by atoms with Gasteiger partial charge in [0.15, 0.2) is 11.5 Å². The van der Waals surface area contributed by atoms with Gasteiger partial charge in [0.2, 0.25) is 6.79 Å². The number of piperidine rings is 1. The van der Waals surface area contributed by atoms with Gasteiger partial charge in [0.05, 0.1) is 0 Å². The molecule has 0 radical (unpaired) electrons. The Morgan fingerprint density at radius 2 is 1.74 bits per heavy atom. The number of nitrogens with zero attached hydrogens (tertiary/aromatic N) is 3. The van der Waals surface area contributed by atoms with Crippen LogP contribution in [0.1, 0.15) is 18.4 Å². The van der Waals surface area contributed by atoms with E-state index in [0.717, 1.165) is 31.5 Å². The fourth-order valence-electron chi connectivity index (χ4n) is 4.45. The zero-order chi connectivity index (χ0) is 21.2. The second-order valence-corrected chi connectivity index (χ2v) is 8.10. The fraction of sp³-hybridized carbons (Fsp3) is 0.391. The Kier molecular flexibility index (Phi) is 5.28. The highest BCUT2D eigenvalue weighted by molar-refractivity contribution is 5.90. The number of hydrogen-bond donors (Lipinski definition) is 1. The van der Waals surface area contributed by atoms with Gasteiger partial charge in [-0.2, -0.15) is 0 Å². The van der Waals surface area contributed by atoms with Crippen LogP contribution in [0, 0.1) is 0 Å². The van der Waals surface area contributed by atoms with Gasteiger partial charge < -0.3 is 29.5 Å². The van der Waals surface area contributed by atoms with Crippen molar-refractivity contribution in [3.8, 4) is 11.5 Å². The minimum absolute atomic E-state index is 0.104. The third kappa shape index (κ3) is 4.10. The van der Waals surface area contributed by atoms with Crippen LogP contribution in [0.25, 0.3) is 0 Å². The Bertz CT molecular complexity index is 959. The second kappa shape index (κ2) is 8.37. The van der Waals surface area contributed by atoms with E-state index in [-0.39, 0.29) is 24.9 Å². The molecule has 0 aromatic heterocycles. The Morgan fingerprint density at radius 1 is 0.968 bits per heavy atom. The summed E-state index contributed by atoms with van der Waals surface area (Å²) in [6.07, 6.45) is 1.58. The first-order valence-corrected chi connectivity index (χ1v) is 10.7.